The highest BCUT2D eigenvalue weighted by Crippen LogP contribution is 2.21. The Balaban J connectivity index is 2.42. The highest BCUT2D eigenvalue weighted by atomic mass is 32.2. The van der Waals surface area contributed by atoms with Gasteiger partial charge >= 0.3 is 5.97 Å². The van der Waals surface area contributed by atoms with Crippen LogP contribution in [0.15, 0.2) is 23.1 Å². The summed E-state index contributed by atoms with van der Waals surface area (Å²) in [5.74, 6) is -1.86. The summed E-state index contributed by atoms with van der Waals surface area (Å²) in [6, 6.07) is 2.39. The quantitative estimate of drug-likeness (QED) is 0.832. The van der Waals surface area contributed by atoms with Crippen LogP contribution >= 0.6 is 0 Å². The molecule has 0 spiro atoms. The molecule has 2 rings (SSSR count). The third-order valence-corrected chi connectivity index (χ3v) is 5.13. The Labute approximate surface area is 116 Å². The average molecular weight is 302 g/mol. The summed E-state index contributed by atoms with van der Waals surface area (Å²) < 4.78 is 39.3. The average Bonchev–Trinajstić information content (AvgIpc) is 2.41. The monoisotopic (exact) mass is 302 g/mol. The molecule has 2 N–H and O–H groups in total. The Bertz CT molecular complexity index is 632. The lowest BCUT2D eigenvalue weighted by atomic mass is 10.2. The van der Waals surface area contributed by atoms with Crippen molar-refractivity contribution in [1.82, 2.24) is 9.62 Å². The third-order valence-electron chi connectivity index (χ3n) is 3.23. The van der Waals surface area contributed by atoms with Crippen molar-refractivity contribution in [3.05, 3.63) is 29.6 Å². The van der Waals surface area contributed by atoms with Gasteiger partial charge in [0.1, 0.15) is 11.9 Å². The molecule has 1 aromatic carbocycles. The molecule has 1 heterocycles. The Morgan fingerprint density at radius 1 is 1.50 bits per heavy atom. The molecule has 1 aliphatic heterocycles. The van der Waals surface area contributed by atoms with Crippen molar-refractivity contribution in [2.24, 2.45) is 0 Å². The molecule has 0 aromatic heterocycles. The summed E-state index contributed by atoms with van der Waals surface area (Å²) in [4.78, 5) is 10.9. The molecule has 1 aromatic rings. The van der Waals surface area contributed by atoms with E-state index in [-0.39, 0.29) is 18.0 Å². The number of benzene rings is 1. The van der Waals surface area contributed by atoms with Crippen molar-refractivity contribution in [3.8, 4) is 0 Å². The highest BCUT2D eigenvalue weighted by Gasteiger charge is 2.37. The fourth-order valence-corrected chi connectivity index (χ4v) is 3.65. The van der Waals surface area contributed by atoms with Gasteiger partial charge < -0.3 is 10.4 Å². The van der Waals surface area contributed by atoms with Crippen LogP contribution in [-0.4, -0.2) is 49.5 Å². The first kappa shape index (κ1) is 14.9. The van der Waals surface area contributed by atoms with Crippen LogP contribution in [0.5, 0.6) is 0 Å². The maximum absolute atomic E-state index is 13.5. The summed E-state index contributed by atoms with van der Waals surface area (Å²) in [5, 5.41) is 11.9. The van der Waals surface area contributed by atoms with Gasteiger partial charge in [-0.25, -0.2) is 12.8 Å². The number of nitrogens with zero attached hydrogens (tertiary/aromatic N) is 1. The van der Waals surface area contributed by atoms with Crippen molar-refractivity contribution in [2.75, 3.05) is 19.6 Å². The minimum Gasteiger partial charge on any atom is -0.480 e. The minimum atomic E-state index is -4.02. The van der Waals surface area contributed by atoms with Gasteiger partial charge in [-0.15, -0.1) is 0 Å². The SMILES string of the molecule is Cc1ccc(S(=O)(=O)N2CCNCC2C(=O)O)cc1F. The van der Waals surface area contributed by atoms with Crippen LogP contribution in [0.4, 0.5) is 4.39 Å². The van der Waals surface area contributed by atoms with Crippen molar-refractivity contribution in [2.45, 2.75) is 17.9 Å². The van der Waals surface area contributed by atoms with E-state index in [9.17, 15) is 17.6 Å². The van der Waals surface area contributed by atoms with E-state index < -0.39 is 27.9 Å². The molecule has 110 valence electrons. The van der Waals surface area contributed by atoms with E-state index in [0.29, 0.717) is 12.1 Å². The van der Waals surface area contributed by atoms with Gasteiger partial charge in [0.2, 0.25) is 10.0 Å². The van der Waals surface area contributed by atoms with Gasteiger partial charge in [0.15, 0.2) is 0 Å². The molecule has 0 radical (unpaired) electrons. The molecule has 1 fully saturated rings. The number of rotatable bonds is 3. The summed E-state index contributed by atoms with van der Waals surface area (Å²) in [6.45, 7) is 1.95. The van der Waals surface area contributed by atoms with Crippen molar-refractivity contribution in [3.63, 3.8) is 0 Å². The molecule has 8 heteroatoms. The number of carbonyl (C=O) groups is 1. The number of hydrogen-bond acceptors (Lipinski definition) is 4. The van der Waals surface area contributed by atoms with Crippen LogP contribution in [0.2, 0.25) is 0 Å². The Morgan fingerprint density at radius 2 is 2.20 bits per heavy atom. The maximum Gasteiger partial charge on any atom is 0.323 e. The fraction of sp³-hybridized carbons (Fsp3) is 0.417. The molecule has 1 saturated heterocycles. The summed E-state index contributed by atoms with van der Waals surface area (Å²) in [5.41, 5.74) is 0.332. The molecule has 1 unspecified atom stereocenters. The molecule has 6 nitrogen and oxygen atoms in total. The number of carboxylic acid groups (broad SMARTS) is 1. The number of carboxylic acids is 1. The summed E-state index contributed by atoms with van der Waals surface area (Å²) in [7, 11) is -4.02. The summed E-state index contributed by atoms with van der Waals surface area (Å²) >= 11 is 0. The predicted molar refractivity (Wildman–Crippen MR) is 69.3 cm³/mol. The van der Waals surface area contributed by atoms with Crippen molar-refractivity contribution in [1.29, 1.82) is 0 Å². The van der Waals surface area contributed by atoms with E-state index >= 15 is 0 Å². The first-order valence-electron chi connectivity index (χ1n) is 6.05. The van der Waals surface area contributed by atoms with Crippen molar-refractivity contribution >= 4 is 16.0 Å². The largest absolute Gasteiger partial charge is 0.480 e. The molecule has 1 atom stereocenters. The lowest BCUT2D eigenvalue weighted by Gasteiger charge is -2.32. The zero-order chi connectivity index (χ0) is 14.9. The lowest BCUT2D eigenvalue weighted by Crippen LogP contribution is -2.56. The summed E-state index contributed by atoms with van der Waals surface area (Å²) in [6.07, 6.45) is 0. The van der Waals surface area contributed by atoms with Gasteiger partial charge in [0, 0.05) is 19.6 Å². The van der Waals surface area contributed by atoms with Crippen LogP contribution in [0.1, 0.15) is 5.56 Å². The van der Waals surface area contributed by atoms with Crippen LogP contribution < -0.4 is 5.32 Å². The standard InChI is InChI=1S/C12H15FN2O4S/c1-8-2-3-9(6-10(8)13)20(18,19)15-5-4-14-7-11(15)12(16)17/h2-3,6,11,14H,4-5,7H2,1H3,(H,16,17). The van der Waals surface area contributed by atoms with E-state index in [1.165, 1.54) is 19.1 Å². The van der Waals surface area contributed by atoms with Gasteiger partial charge in [-0.3, -0.25) is 4.79 Å². The van der Waals surface area contributed by atoms with Crippen LogP contribution in [-0.2, 0) is 14.8 Å². The lowest BCUT2D eigenvalue weighted by molar-refractivity contribution is -0.141. The van der Waals surface area contributed by atoms with E-state index in [2.05, 4.69) is 5.32 Å². The number of hydrogen-bond donors (Lipinski definition) is 2. The predicted octanol–water partition coefficient (Wildman–Crippen LogP) is 0.181. The van der Waals surface area contributed by atoms with Crippen molar-refractivity contribution < 1.29 is 22.7 Å². The smallest absolute Gasteiger partial charge is 0.323 e. The molecule has 0 aliphatic carbocycles. The molecule has 0 saturated carbocycles. The van der Waals surface area contributed by atoms with E-state index in [1.54, 1.807) is 0 Å². The zero-order valence-electron chi connectivity index (χ0n) is 10.8. The molecule has 0 bridgehead atoms. The normalized spacial score (nSPS) is 20.8. The molecule has 20 heavy (non-hydrogen) atoms. The topological polar surface area (TPSA) is 86.7 Å². The Kier molecular flexibility index (Phi) is 4.07. The van der Waals surface area contributed by atoms with Gasteiger partial charge in [0.25, 0.3) is 0 Å². The van der Waals surface area contributed by atoms with E-state index in [1.807, 2.05) is 0 Å². The maximum atomic E-state index is 13.5. The Hall–Kier alpha value is -1.51. The highest BCUT2D eigenvalue weighted by molar-refractivity contribution is 7.89. The molecular formula is C12H15FN2O4S. The second-order valence-corrected chi connectivity index (χ2v) is 6.48. The number of halogens is 1. The number of piperazine rings is 1. The van der Waals surface area contributed by atoms with Crippen LogP contribution in [0.25, 0.3) is 0 Å². The minimum absolute atomic E-state index is 0.0307. The van der Waals surface area contributed by atoms with Gasteiger partial charge in [-0.1, -0.05) is 6.07 Å². The van der Waals surface area contributed by atoms with Gasteiger partial charge in [-0.05, 0) is 24.6 Å². The van der Waals surface area contributed by atoms with E-state index in [0.717, 1.165) is 10.4 Å². The fourth-order valence-electron chi connectivity index (χ4n) is 2.05. The second kappa shape index (κ2) is 5.47. The van der Waals surface area contributed by atoms with E-state index in [4.69, 9.17) is 5.11 Å². The number of sulfonamides is 1. The second-order valence-electron chi connectivity index (χ2n) is 4.58. The van der Waals surface area contributed by atoms with Crippen LogP contribution in [0.3, 0.4) is 0 Å². The molecular weight excluding hydrogens is 287 g/mol. The van der Waals surface area contributed by atoms with Gasteiger partial charge in [-0.2, -0.15) is 4.31 Å². The van der Waals surface area contributed by atoms with Gasteiger partial charge in [0.05, 0.1) is 4.90 Å². The number of aliphatic carboxylic acids is 1. The van der Waals surface area contributed by atoms with Crippen LogP contribution in [0, 0.1) is 12.7 Å². The Morgan fingerprint density at radius 3 is 2.80 bits per heavy atom. The molecule has 1 aliphatic rings. The number of nitrogens with one attached hydrogen (secondary N) is 1. The number of aryl methyl sites for hydroxylation is 1. The zero-order valence-corrected chi connectivity index (χ0v) is 11.7. The first-order chi connectivity index (χ1) is 9.34. The first-order valence-corrected chi connectivity index (χ1v) is 7.49. The third kappa shape index (κ3) is 2.67. The molecule has 0 amide bonds.